The van der Waals surface area contributed by atoms with E-state index in [-0.39, 0.29) is 5.97 Å². The highest BCUT2D eigenvalue weighted by Crippen LogP contribution is 2.54. The molecule has 0 aromatic heterocycles. The van der Waals surface area contributed by atoms with Crippen molar-refractivity contribution in [2.45, 2.75) is 73.1 Å². The first-order valence-electron chi connectivity index (χ1n) is 8.79. The third-order valence-electron chi connectivity index (χ3n) is 6.35. The minimum atomic E-state index is -0.0740. The fraction of sp³-hybridized carbons (Fsp3) is 0.842. The molecule has 0 spiro atoms. The summed E-state index contributed by atoms with van der Waals surface area (Å²) in [4.78, 5) is 12.2. The summed E-state index contributed by atoms with van der Waals surface area (Å²) in [7, 11) is 0. The Morgan fingerprint density at radius 1 is 1.24 bits per heavy atom. The molecule has 120 valence electrons. The third-order valence-corrected chi connectivity index (χ3v) is 6.35. The van der Waals surface area contributed by atoms with Crippen LogP contribution < -0.4 is 0 Å². The van der Waals surface area contributed by atoms with Crippen LogP contribution in [0.25, 0.3) is 0 Å². The maximum Gasteiger partial charge on any atom is 0.333 e. The zero-order chi connectivity index (χ0) is 15.6. The molecule has 21 heavy (non-hydrogen) atoms. The van der Waals surface area contributed by atoms with Crippen LogP contribution in [0.4, 0.5) is 0 Å². The minimum Gasteiger partial charge on any atom is -0.463 e. The first-order valence-corrected chi connectivity index (χ1v) is 8.79. The second-order valence-corrected chi connectivity index (χ2v) is 7.57. The lowest BCUT2D eigenvalue weighted by Gasteiger charge is -2.51. The van der Waals surface area contributed by atoms with Gasteiger partial charge in [-0.25, -0.2) is 4.79 Å². The summed E-state index contributed by atoms with van der Waals surface area (Å²) in [5.74, 6) is 2.31. The fourth-order valence-corrected chi connectivity index (χ4v) is 4.54. The number of carbonyl (C=O) groups is 1. The molecule has 2 fully saturated rings. The van der Waals surface area contributed by atoms with Crippen LogP contribution in [0.1, 0.15) is 73.1 Å². The van der Waals surface area contributed by atoms with Crippen molar-refractivity contribution in [1.82, 2.24) is 0 Å². The molecular weight excluding hydrogens is 260 g/mol. The number of esters is 1. The van der Waals surface area contributed by atoms with E-state index in [1.807, 2.05) is 6.92 Å². The van der Waals surface area contributed by atoms with E-state index in [1.54, 1.807) is 0 Å². The van der Waals surface area contributed by atoms with Gasteiger partial charge in [-0.1, -0.05) is 33.3 Å². The molecule has 2 aliphatic rings. The van der Waals surface area contributed by atoms with E-state index in [2.05, 4.69) is 27.7 Å². The highest BCUT2D eigenvalue weighted by Gasteiger charge is 2.45. The van der Waals surface area contributed by atoms with Gasteiger partial charge in [-0.3, -0.25) is 0 Å². The van der Waals surface area contributed by atoms with E-state index in [1.165, 1.54) is 24.8 Å². The number of rotatable bonds is 3. The lowest BCUT2D eigenvalue weighted by Crippen LogP contribution is -2.42. The number of allylic oxidation sites excluding steroid dienone is 1. The maximum absolute atomic E-state index is 12.2. The molecule has 0 aliphatic heterocycles. The first-order chi connectivity index (χ1) is 9.91. The van der Waals surface area contributed by atoms with Crippen molar-refractivity contribution >= 4 is 5.97 Å². The van der Waals surface area contributed by atoms with Gasteiger partial charge in [-0.05, 0) is 68.6 Å². The predicted molar refractivity (Wildman–Crippen MR) is 87.0 cm³/mol. The van der Waals surface area contributed by atoms with E-state index in [9.17, 15) is 4.79 Å². The van der Waals surface area contributed by atoms with Crippen LogP contribution in [-0.2, 0) is 9.53 Å². The van der Waals surface area contributed by atoms with Crippen molar-refractivity contribution in [3.05, 3.63) is 11.1 Å². The normalized spacial score (nSPS) is 34.0. The zero-order valence-electron chi connectivity index (χ0n) is 14.5. The summed E-state index contributed by atoms with van der Waals surface area (Å²) >= 11 is 0. The second kappa shape index (κ2) is 6.54. The standard InChI is InChI=1S/C19H32O2/c1-6-16(18(20)21-7-2)15-11-10-14-9-8-13(3)19(4,5)17(14)12-15/h13-14,17H,6-12H2,1-5H3/b16-15-/t13-,14+,17+/m0/s1. The average molecular weight is 292 g/mol. The Bertz CT molecular complexity index is 419. The molecule has 0 unspecified atom stereocenters. The molecule has 0 heterocycles. The van der Waals surface area contributed by atoms with Crippen LogP contribution in [0, 0.1) is 23.2 Å². The Morgan fingerprint density at radius 2 is 1.95 bits per heavy atom. The Kier molecular flexibility index (Phi) is 5.16. The largest absolute Gasteiger partial charge is 0.463 e. The van der Waals surface area contributed by atoms with Crippen molar-refractivity contribution in [3.8, 4) is 0 Å². The topological polar surface area (TPSA) is 26.3 Å². The van der Waals surface area contributed by atoms with Gasteiger partial charge < -0.3 is 4.74 Å². The summed E-state index contributed by atoms with van der Waals surface area (Å²) in [6.07, 6.45) is 7.04. The Balaban J connectivity index is 2.23. The van der Waals surface area contributed by atoms with Crippen LogP contribution in [0.2, 0.25) is 0 Å². The molecule has 2 saturated carbocycles. The summed E-state index contributed by atoms with van der Waals surface area (Å²) in [6, 6.07) is 0. The van der Waals surface area contributed by atoms with Gasteiger partial charge in [-0.2, -0.15) is 0 Å². The molecule has 0 aromatic rings. The number of fused-ring (bicyclic) bond motifs is 1. The lowest BCUT2D eigenvalue weighted by atomic mass is 9.54. The first kappa shape index (κ1) is 16.6. The molecule has 2 heteroatoms. The van der Waals surface area contributed by atoms with Gasteiger partial charge in [0.25, 0.3) is 0 Å². The van der Waals surface area contributed by atoms with E-state index in [4.69, 9.17) is 4.74 Å². The van der Waals surface area contributed by atoms with Gasteiger partial charge in [0.1, 0.15) is 0 Å². The molecule has 2 nitrogen and oxygen atoms in total. The van der Waals surface area contributed by atoms with Crippen molar-refractivity contribution in [3.63, 3.8) is 0 Å². The number of ether oxygens (including phenoxy) is 1. The Morgan fingerprint density at radius 3 is 2.57 bits per heavy atom. The fourth-order valence-electron chi connectivity index (χ4n) is 4.54. The van der Waals surface area contributed by atoms with Crippen LogP contribution in [0.15, 0.2) is 11.1 Å². The molecule has 2 aliphatic carbocycles. The van der Waals surface area contributed by atoms with Crippen LogP contribution in [0.5, 0.6) is 0 Å². The number of hydrogen-bond acceptors (Lipinski definition) is 2. The molecule has 0 N–H and O–H groups in total. The Hall–Kier alpha value is -0.790. The lowest BCUT2D eigenvalue weighted by molar-refractivity contribution is -0.138. The van der Waals surface area contributed by atoms with Gasteiger partial charge >= 0.3 is 5.97 Å². The van der Waals surface area contributed by atoms with Crippen LogP contribution in [0.3, 0.4) is 0 Å². The SMILES string of the molecule is CCOC(=O)/C(CC)=C1/CC[C@H]2CC[C@H](C)C(C)(C)[C@@H]2C1. The van der Waals surface area contributed by atoms with Crippen molar-refractivity contribution < 1.29 is 9.53 Å². The molecular formula is C19H32O2. The van der Waals surface area contributed by atoms with Crippen molar-refractivity contribution in [2.24, 2.45) is 23.2 Å². The van der Waals surface area contributed by atoms with E-state index in [0.29, 0.717) is 12.0 Å². The van der Waals surface area contributed by atoms with Crippen molar-refractivity contribution in [2.75, 3.05) is 6.61 Å². The minimum absolute atomic E-state index is 0.0740. The Labute approximate surface area is 130 Å². The highest BCUT2D eigenvalue weighted by molar-refractivity contribution is 5.89. The molecule has 0 aromatic carbocycles. The van der Waals surface area contributed by atoms with Crippen LogP contribution in [-0.4, -0.2) is 12.6 Å². The van der Waals surface area contributed by atoms with Crippen LogP contribution >= 0.6 is 0 Å². The quantitative estimate of drug-likeness (QED) is 0.532. The number of carbonyl (C=O) groups excluding carboxylic acids is 1. The zero-order valence-corrected chi connectivity index (χ0v) is 14.5. The molecule has 0 radical (unpaired) electrons. The van der Waals surface area contributed by atoms with Gasteiger partial charge in [0, 0.05) is 5.57 Å². The third kappa shape index (κ3) is 3.19. The molecule has 0 amide bonds. The van der Waals surface area contributed by atoms with E-state index in [0.717, 1.165) is 42.6 Å². The second-order valence-electron chi connectivity index (χ2n) is 7.57. The van der Waals surface area contributed by atoms with Gasteiger partial charge in [0.05, 0.1) is 6.61 Å². The predicted octanol–water partition coefficient (Wildman–Crippen LogP) is 5.13. The monoisotopic (exact) mass is 292 g/mol. The van der Waals surface area contributed by atoms with Gasteiger partial charge in [-0.15, -0.1) is 0 Å². The number of hydrogen-bond donors (Lipinski definition) is 0. The van der Waals surface area contributed by atoms with Crippen molar-refractivity contribution in [1.29, 1.82) is 0 Å². The highest BCUT2D eigenvalue weighted by atomic mass is 16.5. The molecule has 0 saturated heterocycles. The van der Waals surface area contributed by atoms with E-state index >= 15 is 0 Å². The summed E-state index contributed by atoms with van der Waals surface area (Å²) in [5, 5.41) is 0. The summed E-state index contributed by atoms with van der Waals surface area (Å²) in [5.41, 5.74) is 2.74. The smallest absolute Gasteiger partial charge is 0.333 e. The average Bonchev–Trinajstić information content (AvgIpc) is 2.45. The molecule has 2 rings (SSSR count). The molecule has 0 bridgehead atoms. The van der Waals surface area contributed by atoms with Gasteiger partial charge in [0.2, 0.25) is 0 Å². The van der Waals surface area contributed by atoms with Gasteiger partial charge in [0.15, 0.2) is 0 Å². The maximum atomic E-state index is 12.2. The molecule has 3 atom stereocenters. The summed E-state index contributed by atoms with van der Waals surface area (Å²) in [6.45, 7) is 11.7. The summed E-state index contributed by atoms with van der Waals surface area (Å²) < 4.78 is 5.26. The van der Waals surface area contributed by atoms with E-state index < -0.39 is 0 Å².